The molecule has 0 aliphatic carbocycles. The minimum atomic E-state index is -3.35. The van der Waals surface area contributed by atoms with Gasteiger partial charge in [-0.05, 0) is 52.2 Å². The zero-order chi connectivity index (χ0) is 19.3. The molecule has 0 aromatic carbocycles. The highest BCUT2D eigenvalue weighted by Gasteiger charge is 2.26. The molecule has 2 aliphatic heterocycles. The number of hydrogen-bond acceptors (Lipinski definition) is 6. The van der Waals surface area contributed by atoms with Crippen molar-refractivity contribution in [2.24, 2.45) is 0 Å². The van der Waals surface area contributed by atoms with Gasteiger partial charge in [-0.25, -0.2) is 13.4 Å². The third-order valence-electron chi connectivity index (χ3n) is 5.49. The Balaban J connectivity index is 1.71. The number of hydrogen-bond donors (Lipinski definition) is 0. The van der Waals surface area contributed by atoms with Crippen molar-refractivity contribution in [3.63, 3.8) is 0 Å². The quantitative estimate of drug-likeness (QED) is 0.598. The zero-order valence-corrected chi connectivity index (χ0v) is 17.6. The minimum Gasteiger partial charge on any atom is -0.376 e. The van der Waals surface area contributed by atoms with Gasteiger partial charge in [0.15, 0.2) is 0 Å². The molecule has 27 heavy (non-hydrogen) atoms. The fourth-order valence-corrected chi connectivity index (χ4v) is 5.45. The van der Waals surface area contributed by atoms with Crippen LogP contribution in [0.2, 0.25) is 0 Å². The number of aromatic nitrogens is 2. The van der Waals surface area contributed by atoms with Crippen LogP contribution in [0.5, 0.6) is 0 Å². The summed E-state index contributed by atoms with van der Waals surface area (Å²) in [5.41, 5.74) is 0.962. The van der Waals surface area contributed by atoms with Gasteiger partial charge in [0.25, 0.3) is 0 Å². The molecule has 7 nitrogen and oxygen atoms in total. The normalized spacial score (nSPS) is 21.5. The maximum Gasteiger partial charge on any atom is 0.227 e. The first-order valence-corrected chi connectivity index (χ1v) is 11.9. The van der Waals surface area contributed by atoms with Gasteiger partial charge in [-0.2, -0.15) is 0 Å². The second-order valence-corrected chi connectivity index (χ2v) is 9.89. The Hall–Kier alpha value is -0.960. The Morgan fingerprint density at radius 2 is 2.07 bits per heavy atom. The van der Waals surface area contributed by atoms with Crippen molar-refractivity contribution in [1.82, 2.24) is 19.4 Å². The van der Waals surface area contributed by atoms with E-state index in [1.807, 2.05) is 11.5 Å². The lowest BCUT2D eigenvalue weighted by molar-refractivity contribution is 0.0934. The molecule has 0 bridgehead atoms. The van der Waals surface area contributed by atoms with Crippen molar-refractivity contribution in [2.45, 2.75) is 63.4 Å². The van der Waals surface area contributed by atoms with Crippen LogP contribution in [-0.2, 0) is 27.7 Å². The Morgan fingerprint density at radius 1 is 1.30 bits per heavy atom. The van der Waals surface area contributed by atoms with E-state index < -0.39 is 9.84 Å². The third kappa shape index (κ3) is 5.53. The largest absolute Gasteiger partial charge is 0.376 e. The van der Waals surface area contributed by atoms with E-state index in [0.717, 1.165) is 38.2 Å². The molecule has 154 valence electrons. The number of imidazole rings is 1. The fourth-order valence-electron chi connectivity index (χ4n) is 3.99. The molecule has 3 heterocycles. The van der Waals surface area contributed by atoms with E-state index in [0.29, 0.717) is 19.5 Å². The summed E-state index contributed by atoms with van der Waals surface area (Å²) in [6, 6.07) is 0. The van der Waals surface area contributed by atoms with E-state index >= 15 is 0 Å². The molecule has 2 saturated heterocycles. The van der Waals surface area contributed by atoms with Gasteiger partial charge in [0, 0.05) is 26.2 Å². The van der Waals surface area contributed by atoms with Gasteiger partial charge >= 0.3 is 0 Å². The average Bonchev–Trinajstić information content (AvgIpc) is 3.36. The van der Waals surface area contributed by atoms with Gasteiger partial charge in [0.1, 0.15) is 0 Å². The van der Waals surface area contributed by atoms with E-state index in [9.17, 15) is 8.42 Å². The second kappa shape index (κ2) is 9.49. The van der Waals surface area contributed by atoms with Crippen LogP contribution in [0.25, 0.3) is 0 Å². The Morgan fingerprint density at radius 3 is 2.74 bits per heavy atom. The van der Waals surface area contributed by atoms with E-state index in [-0.39, 0.29) is 17.0 Å². The van der Waals surface area contributed by atoms with Crippen LogP contribution in [-0.4, -0.2) is 79.5 Å². The molecule has 0 N–H and O–H groups in total. The summed E-state index contributed by atoms with van der Waals surface area (Å²) in [6.07, 6.45) is 7.05. The third-order valence-corrected chi connectivity index (χ3v) is 7.32. The van der Waals surface area contributed by atoms with Gasteiger partial charge in [-0.15, -0.1) is 0 Å². The lowest BCUT2D eigenvalue weighted by atomic mass is 10.2. The van der Waals surface area contributed by atoms with Crippen LogP contribution < -0.4 is 0 Å². The fraction of sp³-hybridized carbons (Fsp3) is 0.842. The molecule has 8 heteroatoms. The molecule has 0 spiro atoms. The monoisotopic (exact) mass is 398 g/mol. The number of sulfone groups is 1. The van der Waals surface area contributed by atoms with E-state index in [4.69, 9.17) is 4.74 Å². The summed E-state index contributed by atoms with van der Waals surface area (Å²) < 4.78 is 33.0. The van der Waals surface area contributed by atoms with Crippen molar-refractivity contribution in [3.05, 3.63) is 11.9 Å². The molecular weight excluding hydrogens is 364 g/mol. The highest BCUT2D eigenvalue weighted by atomic mass is 32.2. The predicted octanol–water partition coefficient (Wildman–Crippen LogP) is 1.77. The number of nitrogens with zero attached hydrogens (tertiary/aromatic N) is 4. The molecule has 1 aromatic heterocycles. The van der Waals surface area contributed by atoms with Gasteiger partial charge in [-0.1, -0.05) is 6.92 Å². The average molecular weight is 399 g/mol. The number of ether oxygens (including phenoxy) is 1. The van der Waals surface area contributed by atoms with Crippen molar-refractivity contribution in [1.29, 1.82) is 0 Å². The second-order valence-electron chi connectivity index (χ2n) is 7.88. The standard InChI is InChI=1S/C19H34N4O3S/c1-3-13-27(24,25)19-20-14-17(23(19)16-18-7-6-12-26-18)15-21(2)10-11-22-8-4-5-9-22/h14,18H,3-13,15-16H2,1-2H3. The molecule has 1 atom stereocenters. The van der Waals surface area contributed by atoms with E-state index in [2.05, 4.69) is 21.8 Å². The van der Waals surface area contributed by atoms with Crippen molar-refractivity contribution < 1.29 is 13.2 Å². The van der Waals surface area contributed by atoms with Crippen molar-refractivity contribution in [2.75, 3.05) is 45.6 Å². The summed E-state index contributed by atoms with van der Waals surface area (Å²) in [6.45, 7) is 8.37. The molecule has 1 aromatic rings. The van der Waals surface area contributed by atoms with Crippen LogP contribution in [0.4, 0.5) is 0 Å². The lowest BCUT2D eigenvalue weighted by Gasteiger charge is -2.22. The summed E-state index contributed by atoms with van der Waals surface area (Å²) in [5.74, 6) is 0.139. The molecule has 3 rings (SSSR count). The highest BCUT2D eigenvalue weighted by molar-refractivity contribution is 7.91. The first kappa shape index (κ1) is 20.8. The molecule has 0 radical (unpaired) electrons. The van der Waals surface area contributed by atoms with Crippen LogP contribution >= 0.6 is 0 Å². The topological polar surface area (TPSA) is 67.7 Å². The minimum absolute atomic E-state index is 0.0865. The van der Waals surface area contributed by atoms with Gasteiger partial charge < -0.3 is 14.2 Å². The van der Waals surface area contributed by atoms with Crippen LogP contribution in [0.3, 0.4) is 0 Å². The SMILES string of the molecule is CCCS(=O)(=O)c1ncc(CN(C)CCN2CCCC2)n1CC1CCCO1. The molecule has 0 saturated carbocycles. The Labute approximate surface area is 163 Å². The maximum atomic E-state index is 12.7. The highest BCUT2D eigenvalue weighted by Crippen LogP contribution is 2.21. The van der Waals surface area contributed by atoms with Gasteiger partial charge in [-0.3, -0.25) is 4.90 Å². The van der Waals surface area contributed by atoms with Crippen LogP contribution in [0, 0.1) is 0 Å². The predicted molar refractivity (Wildman–Crippen MR) is 106 cm³/mol. The molecular formula is C19H34N4O3S. The zero-order valence-electron chi connectivity index (χ0n) is 16.8. The van der Waals surface area contributed by atoms with Gasteiger partial charge in [0.05, 0.1) is 30.3 Å². The first-order valence-electron chi connectivity index (χ1n) is 10.3. The number of likely N-dealkylation sites (N-methyl/N-ethyl adjacent to an activating group) is 1. The molecule has 0 amide bonds. The molecule has 2 fully saturated rings. The molecule has 2 aliphatic rings. The van der Waals surface area contributed by atoms with E-state index in [1.54, 1.807) is 6.20 Å². The molecule has 1 unspecified atom stereocenters. The van der Waals surface area contributed by atoms with Crippen LogP contribution in [0.1, 0.15) is 44.7 Å². The van der Waals surface area contributed by atoms with Gasteiger partial charge in [0.2, 0.25) is 15.0 Å². The van der Waals surface area contributed by atoms with Crippen molar-refractivity contribution >= 4 is 9.84 Å². The summed E-state index contributed by atoms with van der Waals surface area (Å²) in [4.78, 5) is 9.08. The van der Waals surface area contributed by atoms with Crippen LogP contribution in [0.15, 0.2) is 11.4 Å². The summed E-state index contributed by atoms with van der Waals surface area (Å²) in [7, 11) is -1.26. The Bertz CT molecular complexity index is 692. The lowest BCUT2D eigenvalue weighted by Crippen LogP contribution is -2.32. The number of rotatable bonds is 10. The van der Waals surface area contributed by atoms with E-state index in [1.165, 1.54) is 25.9 Å². The maximum absolute atomic E-state index is 12.7. The Kier molecular flexibility index (Phi) is 7.30. The summed E-state index contributed by atoms with van der Waals surface area (Å²) >= 11 is 0. The number of likely N-dealkylation sites (tertiary alicyclic amines) is 1. The smallest absolute Gasteiger partial charge is 0.227 e. The first-order chi connectivity index (χ1) is 13.0. The summed E-state index contributed by atoms with van der Waals surface area (Å²) in [5, 5.41) is 0.211. The van der Waals surface area contributed by atoms with Crippen molar-refractivity contribution in [3.8, 4) is 0 Å².